The lowest BCUT2D eigenvalue weighted by atomic mass is 10.1. The molecule has 1 N–H and O–H groups in total. The van der Waals surface area contributed by atoms with Crippen molar-refractivity contribution in [1.29, 1.82) is 0 Å². The van der Waals surface area contributed by atoms with Gasteiger partial charge in [0.25, 0.3) is 0 Å². The Morgan fingerprint density at radius 2 is 1.94 bits per heavy atom. The van der Waals surface area contributed by atoms with E-state index in [4.69, 9.17) is 9.84 Å². The SMILES string of the molecule is COc1c(CC(=O)O)ccc([S+](C)[O-])c1[S+](C)[O-]. The van der Waals surface area contributed by atoms with Gasteiger partial charge in [0.1, 0.15) is 12.5 Å². The van der Waals surface area contributed by atoms with Gasteiger partial charge in [0, 0.05) is 5.56 Å². The third-order valence-corrected chi connectivity index (χ3v) is 4.37. The lowest BCUT2D eigenvalue weighted by Crippen LogP contribution is -2.12. The van der Waals surface area contributed by atoms with Gasteiger partial charge in [-0.25, -0.2) is 0 Å². The zero-order chi connectivity index (χ0) is 13.9. The van der Waals surface area contributed by atoms with Crippen molar-refractivity contribution in [2.24, 2.45) is 0 Å². The average molecular weight is 290 g/mol. The summed E-state index contributed by atoms with van der Waals surface area (Å²) in [5.74, 6) is -0.766. The molecule has 0 saturated heterocycles. The lowest BCUT2D eigenvalue weighted by Gasteiger charge is -2.16. The first-order valence-electron chi connectivity index (χ1n) is 4.97. The number of benzene rings is 1. The predicted octanol–water partition coefficient (Wildman–Crippen LogP) is 0.797. The van der Waals surface area contributed by atoms with Crippen LogP contribution in [0.1, 0.15) is 5.56 Å². The van der Waals surface area contributed by atoms with Gasteiger partial charge in [0.15, 0.2) is 5.75 Å². The average Bonchev–Trinajstić information content (AvgIpc) is 2.26. The molecule has 0 aliphatic heterocycles. The van der Waals surface area contributed by atoms with Crippen molar-refractivity contribution >= 4 is 28.3 Å². The van der Waals surface area contributed by atoms with Crippen LogP contribution in [-0.2, 0) is 33.6 Å². The first kappa shape index (κ1) is 15.2. The van der Waals surface area contributed by atoms with E-state index in [-0.39, 0.29) is 12.2 Å². The normalized spacial score (nSPS) is 14.1. The third-order valence-electron chi connectivity index (χ3n) is 2.30. The summed E-state index contributed by atoms with van der Waals surface area (Å²) in [6.45, 7) is 0. The molecular weight excluding hydrogens is 276 g/mol. The van der Waals surface area contributed by atoms with Crippen LogP contribution in [0.25, 0.3) is 0 Å². The second-order valence-electron chi connectivity index (χ2n) is 3.56. The van der Waals surface area contributed by atoms with E-state index in [2.05, 4.69) is 0 Å². The van der Waals surface area contributed by atoms with Crippen molar-refractivity contribution in [2.75, 3.05) is 19.6 Å². The van der Waals surface area contributed by atoms with Crippen LogP contribution in [0, 0.1) is 0 Å². The largest absolute Gasteiger partial charge is 0.612 e. The van der Waals surface area contributed by atoms with Crippen molar-refractivity contribution in [3.8, 4) is 5.75 Å². The van der Waals surface area contributed by atoms with Crippen LogP contribution in [0.15, 0.2) is 21.9 Å². The number of methoxy groups -OCH3 is 1. The molecule has 100 valence electrons. The molecule has 5 nitrogen and oxygen atoms in total. The Kier molecular flexibility index (Phi) is 5.33. The molecule has 0 aromatic heterocycles. The van der Waals surface area contributed by atoms with Crippen molar-refractivity contribution in [2.45, 2.75) is 16.2 Å². The molecule has 1 aromatic carbocycles. The van der Waals surface area contributed by atoms with Crippen molar-refractivity contribution in [3.63, 3.8) is 0 Å². The van der Waals surface area contributed by atoms with E-state index in [0.29, 0.717) is 15.4 Å². The first-order valence-corrected chi connectivity index (χ1v) is 8.08. The lowest BCUT2D eigenvalue weighted by molar-refractivity contribution is -0.136. The highest BCUT2D eigenvalue weighted by molar-refractivity contribution is 7.93. The monoisotopic (exact) mass is 290 g/mol. The molecule has 0 aliphatic rings. The van der Waals surface area contributed by atoms with Gasteiger partial charge < -0.3 is 18.9 Å². The van der Waals surface area contributed by atoms with Gasteiger partial charge in [-0.05, 0) is 34.5 Å². The van der Waals surface area contributed by atoms with E-state index < -0.39 is 28.3 Å². The number of carbonyl (C=O) groups is 1. The van der Waals surface area contributed by atoms with Gasteiger partial charge >= 0.3 is 5.97 Å². The maximum Gasteiger partial charge on any atom is 0.307 e. The van der Waals surface area contributed by atoms with Crippen LogP contribution in [0.3, 0.4) is 0 Å². The Morgan fingerprint density at radius 1 is 1.33 bits per heavy atom. The minimum absolute atomic E-state index is 0.232. The van der Waals surface area contributed by atoms with Crippen molar-refractivity contribution in [3.05, 3.63) is 17.7 Å². The fraction of sp³-hybridized carbons (Fsp3) is 0.364. The van der Waals surface area contributed by atoms with Gasteiger partial charge in [-0.15, -0.1) is 0 Å². The molecule has 7 heteroatoms. The van der Waals surface area contributed by atoms with Crippen LogP contribution >= 0.6 is 0 Å². The molecule has 2 unspecified atom stereocenters. The van der Waals surface area contributed by atoms with E-state index in [1.165, 1.54) is 25.7 Å². The zero-order valence-corrected chi connectivity index (χ0v) is 11.9. The number of ether oxygens (including phenoxy) is 1. The molecule has 0 amide bonds. The van der Waals surface area contributed by atoms with Crippen molar-refractivity contribution < 1.29 is 23.7 Å². The standard InChI is InChI=1S/C11H14O5S2/c1-16-10-7(6-9(12)13)4-5-8(17(2)14)11(10)18(3)15/h4-5H,6H2,1-3H3,(H,12,13). The Bertz CT molecular complexity index is 445. The van der Waals surface area contributed by atoms with E-state index in [1.54, 1.807) is 6.07 Å². The number of hydrogen-bond acceptors (Lipinski definition) is 4. The molecule has 2 atom stereocenters. The maximum atomic E-state index is 11.7. The molecule has 18 heavy (non-hydrogen) atoms. The second kappa shape index (κ2) is 6.33. The summed E-state index contributed by atoms with van der Waals surface area (Å²) < 4.78 is 28.5. The molecule has 0 saturated carbocycles. The van der Waals surface area contributed by atoms with Crippen LogP contribution in [0.5, 0.6) is 5.75 Å². The summed E-state index contributed by atoms with van der Waals surface area (Å²) in [5.41, 5.74) is 0.421. The first-order chi connectivity index (χ1) is 8.38. The van der Waals surface area contributed by atoms with Gasteiger partial charge in [0.05, 0.1) is 13.5 Å². The van der Waals surface area contributed by atoms with Gasteiger partial charge in [-0.2, -0.15) is 0 Å². The van der Waals surface area contributed by atoms with Gasteiger partial charge in [-0.1, -0.05) is 0 Å². The Morgan fingerprint density at radius 3 is 2.33 bits per heavy atom. The van der Waals surface area contributed by atoms with Crippen LogP contribution in [0.4, 0.5) is 0 Å². The summed E-state index contributed by atoms with van der Waals surface area (Å²) in [6, 6.07) is 3.08. The molecular formula is C11H14O5S2. The fourth-order valence-electron chi connectivity index (χ4n) is 1.61. The van der Waals surface area contributed by atoms with Gasteiger partial charge in [-0.3, -0.25) is 4.79 Å². The molecule has 1 rings (SSSR count). The number of aliphatic carboxylic acids is 1. The van der Waals surface area contributed by atoms with E-state index in [1.807, 2.05) is 0 Å². The minimum atomic E-state index is -1.41. The summed E-state index contributed by atoms with van der Waals surface area (Å²) in [6.07, 6.45) is 2.69. The Balaban J connectivity index is 3.42. The summed E-state index contributed by atoms with van der Waals surface area (Å²) in [7, 11) is 1.37. The summed E-state index contributed by atoms with van der Waals surface area (Å²) in [4.78, 5) is 11.5. The van der Waals surface area contributed by atoms with Crippen molar-refractivity contribution in [1.82, 2.24) is 0 Å². The summed E-state index contributed by atoms with van der Waals surface area (Å²) >= 11 is -2.72. The fourth-order valence-corrected chi connectivity index (χ4v) is 3.75. The highest BCUT2D eigenvalue weighted by Crippen LogP contribution is 2.34. The molecule has 0 radical (unpaired) electrons. The number of carboxylic acids is 1. The molecule has 0 spiro atoms. The highest BCUT2D eigenvalue weighted by atomic mass is 32.2. The van der Waals surface area contributed by atoms with Crippen LogP contribution < -0.4 is 4.74 Å². The summed E-state index contributed by atoms with van der Waals surface area (Å²) in [5, 5.41) is 8.80. The Labute approximate surface area is 112 Å². The smallest absolute Gasteiger partial charge is 0.307 e. The molecule has 0 bridgehead atoms. The minimum Gasteiger partial charge on any atom is -0.612 e. The number of rotatable bonds is 5. The predicted molar refractivity (Wildman–Crippen MR) is 69.0 cm³/mol. The van der Waals surface area contributed by atoms with Gasteiger partial charge in [0.2, 0.25) is 9.79 Å². The quantitative estimate of drug-likeness (QED) is 0.810. The third kappa shape index (κ3) is 3.32. The highest BCUT2D eigenvalue weighted by Gasteiger charge is 2.28. The second-order valence-corrected chi connectivity index (χ2v) is 6.23. The number of carboxylic acid groups (broad SMARTS) is 1. The molecule has 0 fully saturated rings. The topological polar surface area (TPSA) is 92.7 Å². The van der Waals surface area contributed by atoms with Crippen LogP contribution in [-0.4, -0.2) is 39.8 Å². The number of hydrogen-bond donors (Lipinski definition) is 1. The zero-order valence-electron chi connectivity index (χ0n) is 10.3. The molecule has 0 aliphatic carbocycles. The van der Waals surface area contributed by atoms with E-state index in [9.17, 15) is 13.9 Å². The molecule has 0 heterocycles. The maximum absolute atomic E-state index is 11.7. The Hall–Kier alpha value is -0.890. The molecule has 1 aromatic rings. The van der Waals surface area contributed by atoms with Crippen LogP contribution in [0.2, 0.25) is 0 Å². The van der Waals surface area contributed by atoms with E-state index in [0.717, 1.165) is 0 Å². The van der Waals surface area contributed by atoms with E-state index >= 15 is 0 Å².